The summed E-state index contributed by atoms with van der Waals surface area (Å²) in [4.78, 5) is 3.48. The molecule has 2 saturated heterocycles. The van der Waals surface area contributed by atoms with Gasteiger partial charge in [-0.05, 0) is 41.8 Å². The van der Waals surface area contributed by atoms with Crippen LogP contribution < -0.4 is 5.73 Å². The summed E-state index contributed by atoms with van der Waals surface area (Å²) in [5.74, 6) is 0.224. The van der Waals surface area contributed by atoms with Gasteiger partial charge in [0.05, 0.1) is 25.2 Å². The zero-order valence-electron chi connectivity index (χ0n) is 16.2. The molecule has 6 nitrogen and oxygen atoms in total. The quantitative estimate of drug-likeness (QED) is 0.221. The van der Waals surface area contributed by atoms with Gasteiger partial charge in [-0.15, -0.1) is 0 Å². The highest BCUT2D eigenvalue weighted by Gasteiger charge is 2.30. The van der Waals surface area contributed by atoms with Crippen LogP contribution in [0.2, 0.25) is 10.0 Å². The molecule has 0 saturated carbocycles. The number of amidine groups is 1. The van der Waals surface area contributed by atoms with Crippen molar-refractivity contribution in [3.63, 3.8) is 0 Å². The van der Waals surface area contributed by atoms with Gasteiger partial charge in [0.2, 0.25) is 6.04 Å². The molecular formula is C22H23Cl2N3O3. The van der Waals surface area contributed by atoms with Crippen LogP contribution in [0, 0.1) is 12.5 Å². The third-order valence-corrected chi connectivity index (χ3v) is 5.68. The summed E-state index contributed by atoms with van der Waals surface area (Å²) in [6, 6.07) is 15.2. The average Bonchev–Trinajstić information content (AvgIpc) is 3.45. The lowest BCUT2D eigenvalue weighted by Crippen LogP contribution is -2.23. The fourth-order valence-corrected chi connectivity index (χ4v) is 3.69. The Kier molecular flexibility index (Phi) is 7.94. The number of hydrogen-bond donors (Lipinski definition) is 2. The Morgan fingerprint density at radius 2 is 1.43 bits per heavy atom. The minimum Gasteiger partial charge on any atom is -0.409 e. The van der Waals surface area contributed by atoms with E-state index in [0.29, 0.717) is 18.2 Å². The van der Waals surface area contributed by atoms with Crippen LogP contribution in [-0.4, -0.2) is 30.3 Å². The predicted octanol–water partition coefficient (Wildman–Crippen LogP) is 5.25. The van der Waals surface area contributed by atoms with Crippen molar-refractivity contribution in [2.24, 2.45) is 16.8 Å². The SMILES string of the molecule is N/C(=N\O)[C@@H]1CO[C@@H](c2ccc(Cl)cc2)C1.[C-]#[N+][C@@H]1CO[C@@H](c2ccc(Cl)cc2)C1. The van der Waals surface area contributed by atoms with Crippen LogP contribution in [0.4, 0.5) is 0 Å². The first-order chi connectivity index (χ1) is 14.5. The summed E-state index contributed by atoms with van der Waals surface area (Å²) in [6.07, 6.45) is 1.61. The van der Waals surface area contributed by atoms with Crippen molar-refractivity contribution in [2.75, 3.05) is 13.2 Å². The Hall–Kier alpha value is -2.30. The highest BCUT2D eigenvalue weighted by molar-refractivity contribution is 6.30. The molecule has 0 aromatic heterocycles. The topological polar surface area (TPSA) is 81.4 Å². The van der Waals surface area contributed by atoms with Gasteiger partial charge in [-0.25, -0.2) is 6.57 Å². The molecule has 0 bridgehead atoms. The molecule has 2 heterocycles. The monoisotopic (exact) mass is 447 g/mol. The molecule has 8 heteroatoms. The Morgan fingerprint density at radius 1 is 0.933 bits per heavy atom. The molecule has 4 rings (SSSR count). The number of oxime groups is 1. The Morgan fingerprint density at radius 3 is 1.90 bits per heavy atom. The standard InChI is InChI=1S/C11H13ClN2O2.C11H10ClNO/c12-9-3-1-7(2-4-9)10-5-8(6-16-10)11(13)14-15;1-13-10-6-11(14-7-10)8-2-4-9(12)5-3-8/h1-4,8,10,15H,5-6H2,(H2,13,14);2-5,10-11H,6-7H2/t8-,10+;10-,11+/m00/s1. The highest BCUT2D eigenvalue weighted by atomic mass is 35.5. The first kappa shape index (κ1) is 22.4. The van der Waals surface area contributed by atoms with E-state index in [0.717, 1.165) is 29.0 Å². The lowest BCUT2D eigenvalue weighted by Gasteiger charge is -2.09. The largest absolute Gasteiger partial charge is 0.409 e. The minimum absolute atomic E-state index is 0.00238. The number of nitrogens with zero attached hydrogens (tertiary/aromatic N) is 2. The van der Waals surface area contributed by atoms with Crippen LogP contribution in [0.1, 0.15) is 36.2 Å². The normalized spacial score (nSPS) is 26.0. The first-order valence-corrected chi connectivity index (χ1v) is 10.3. The molecule has 0 unspecified atom stereocenters. The second-order valence-corrected chi connectivity index (χ2v) is 8.10. The maximum atomic E-state index is 8.58. The van der Waals surface area contributed by atoms with Crippen molar-refractivity contribution in [2.45, 2.75) is 31.1 Å². The van der Waals surface area contributed by atoms with Crippen LogP contribution in [0.3, 0.4) is 0 Å². The summed E-state index contributed by atoms with van der Waals surface area (Å²) in [6.45, 7) is 7.95. The van der Waals surface area contributed by atoms with Gasteiger partial charge in [0.15, 0.2) is 0 Å². The van der Waals surface area contributed by atoms with E-state index in [1.54, 1.807) is 0 Å². The van der Waals surface area contributed by atoms with Crippen LogP contribution in [0.15, 0.2) is 53.7 Å². The average molecular weight is 448 g/mol. The van der Waals surface area contributed by atoms with E-state index in [-0.39, 0.29) is 30.0 Å². The molecule has 30 heavy (non-hydrogen) atoms. The Labute approximate surface area is 186 Å². The summed E-state index contributed by atoms with van der Waals surface area (Å²) in [7, 11) is 0. The molecule has 2 aromatic carbocycles. The zero-order chi connectivity index (χ0) is 21.5. The van der Waals surface area contributed by atoms with Crippen LogP contribution in [0.5, 0.6) is 0 Å². The van der Waals surface area contributed by atoms with Gasteiger partial charge in [-0.3, -0.25) is 0 Å². The predicted molar refractivity (Wildman–Crippen MR) is 117 cm³/mol. The van der Waals surface area contributed by atoms with Gasteiger partial charge in [-0.1, -0.05) is 52.6 Å². The number of benzene rings is 2. The highest BCUT2D eigenvalue weighted by Crippen LogP contribution is 2.33. The van der Waals surface area contributed by atoms with Gasteiger partial charge in [0.1, 0.15) is 12.4 Å². The number of ether oxygens (including phenoxy) is 2. The summed E-state index contributed by atoms with van der Waals surface area (Å²) in [5, 5.41) is 13.0. The summed E-state index contributed by atoms with van der Waals surface area (Å²) >= 11 is 11.6. The molecule has 2 aliphatic heterocycles. The van der Waals surface area contributed by atoms with Crippen molar-refractivity contribution in [1.29, 1.82) is 0 Å². The Balaban J connectivity index is 0.000000172. The molecule has 2 aromatic rings. The van der Waals surface area contributed by atoms with Crippen molar-refractivity contribution >= 4 is 29.0 Å². The van der Waals surface area contributed by atoms with E-state index >= 15 is 0 Å². The maximum absolute atomic E-state index is 8.58. The number of nitrogens with two attached hydrogens (primary N) is 1. The molecule has 0 radical (unpaired) electrons. The zero-order valence-corrected chi connectivity index (χ0v) is 17.8. The summed E-state index contributed by atoms with van der Waals surface area (Å²) < 4.78 is 11.1. The molecule has 2 aliphatic rings. The molecular weight excluding hydrogens is 425 g/mol. The lowest BCUT2D eigenvalue weighted by molar-refractivity contribution is 0.110. The van der Waals surface area contributed by atoms with Gasteiger partial charge in [0.25, 0.3) is 0 Å². The Bertz CT molecular complexity index is 897. The van der Waals surface area contributed by atoms with E-state index in [1.165, 1.54) is 0 Å². The van der Waals surface area contributed by atoms with Gasteiger partial charge < -0.3 is 25.3 Å². The van der Waals surface area contributed by atoms with E-state index in [9.17, 15) is 0 Å². The van der Waals surface area contributed by atoms with Crippen LogP contribution in [-0.2, 0) is 9.47 Å². The van der Waals surface area contributed by atoms with Crippen molar-refractivity contribution in [3.8, 4) is 0 Å². The molecule has 0 aliphatic carbocycles. The van der Waals surface area contributed by atoms with E-state index < -0.39 is 0 Å². The van der Waals surface area contributed by atoms with E-state index in [4.69, 9.17) is 50.2 Å². The fraction of sp³-hybridized carbons (Fsp3) is 0.364. The van der Waals surface area contributed by atoms with Crippen LogP contribution >= 0.6 is 23.2 Å². The van der Waals surface area contributed by atoms with E-state index in [1.807, 2.05) is 48.5 Å². The van der Waals surface area contributed by atoms with Crippen molar-refractivity contribution < 1.29 is 14.7 Å². The smallest absolute Gasteiger partial charge is 0.249 e. The van der Waals surface area contributed by atoms with Gasteiger partial charge >= 0.3 is 0 Å². The fourth-order valence-electron chi connectivity index (χ4n) is 3.43. The number of rotatable bonds is 3. The molecule has 158 valence electrons. The maximum Gasteiger partial charge on any atom is 0.249 e. The molecule has 3 N–H and O–H groups in total. The molecule has 0 amide bonds. The van der Waals surface area contributed by atoms with E-state index in [2.05, 4.69) is 10.0 Å². The third kappa shape index (κ3) is 5.87. The second-order valence-electron chi connectivity index (χ2n) is 7.22. The summed E-state index contributed by atoms with van der Waals surface area (Å²) in [5.41, 5.74) is 7.72. The van der Waals surface area contributed by atoms with Crippen molar-refractivity contribution in [3.05, 3.63) is 81.1 Å². The molecule has 0 spiro atoms. The van der Waals surface area contributed by atoms with Crippen LogP contribution in [0.25, 0.3) is 4.85 Å². The first-order valence-electron chi connectivity index (χ1n) is 9.58. The third-order valence-electron chi connectivity index (χ3n) is 5.17. The number of hydrogen-bond acceptors (Lipinski definition) is 4. The van der Waals surface area contributed by atoms with Gasteiger partial charge in [0, 0.05) is 16.0 Å². The second kappa shape index (κ2) is 10.6. The van der Waals surface area contributed by atoms with Crippen molar-refractivity contribution in [1.82, 2.24) is 0 Å². The lowest BCUT2D eigenvalue weighted by atomic mass is 10.00. The molecule has 2 fully saturated rings. The minimum atomic E-state index is -0.00863. The molecule has 4 atom stereocenters. The number of halogens is 2. The van der Waals surface area contributed by atoms with Gasteiger partial charge in [-0.2, -0.15) is 0 Å².